The zero-order valence-electron chi connectivity index (χ0n) is 11.9. The van der Waals surface area contributed by atoms with Gasteiger partial charge in [0.05, 0.1) is 12.7 Å². The summed E-state index contributed by atoms with van der Waals surface area (Å²) in [5, 5.41) is 39.1. The number of rotatable bonds is 2. The van der Waals surface area contributed by atoms with Crippen molar-refractivity contribution in [3.05, 3.63) is 40.8 Å². The number of para-hydroxylation sites is 1. The lowest BCUT2D eigenvalue weighted by atomic mass is 10.0. The van der Waals surface area contributed by atoms with E-state index < -0.39 is 22.7 Å². The lowest BCUT2D eigenvalue weighted by Gasteiger charge is -2.10. The zero-order chi connectivity index (χ0) is 16.7. The molecule has 3 aromatic rings. The lowest BCUT2D eigenvalue weighted by Crippen LogP contribution is -2.06. The minimum atomic E-state index is -0.650. The lowest BCUT2D eigenvalue weighted by molar-refractivity contribution is 0.346. The standard InChI is InChI=1S/C16H12O7/c1-22-16-10(18)5-11-12(15(16)21)14(20)8(6-23-11)7-3-2-4-9(17)13(7)19/h2-6,17-19,21H,1H3. The molecule has 0 aliphatic carbocycles. The average Bonchev–Trinajstić information content (AvgIpc) is 2.51. The number of ether oxygens (including phenoxy) is 1. The van der Waals surface area contributed by atoms with Crippen LogP contribution in [0.15, 0.2) is 39.7 Å². The van der Waals surface area contributed by atoms with Gasteiger partial charge in [-0.15, -0.1) is 0 Å². The van der Waals surface area contributed by atoms with E-state index in [2.05, 4.69) is 0 Å². The van der Waals surface area contributed by atoms with Crippen molar-refractivity contribution in [2.24, 2.45) is 0 Å². The van der Waals surface area contributed by atoms with Crippen LogP contribution in [0.2, 0.25) is 0 Å². The molecule has 7 heteroatoms. The van der Waals surface area contributed by atoms with Gasteiger partial charge in [0.2, 0.25) is 11.2 Å². The summed E-state index contributed by atoms with van der Waals surface area (Å²) in [6.07, 6.45) is 1.07. The van der Waals surface area contributed by atoms with Gasteiger partial charge < -0.3 is 29.6 Å². The van der Waals surface area contributed by atoms with Crippen molar-refractivity contribution < 1.29 is 29.6 Å². The average molecular weight is 316 g/mol. The summed E-state index contributed by atoms with van der Waals surface area (Å²) in [6, 6.07) is 5.27. The third-order valence-electron chi connectivity index (χ3n) is 3.48. The second-order valence-corrected chi connectivity index (χ2v) is 4.80. The molecule has 0 saturated heterocycles. The van der Waals surface area contributed by atoms with Crippen LogP contribution >= 0.6 is 0 Å². The number of benzene rings is 2. The molecule has 0 radical (unpaired) electrons. The fourth-order valence-electron chi connectivity index (χ4n) is 2.37. The number of fused-ring (bicyclic) bond motifs is 1. The summed E-state index contributed by atoms with van der Waals surface area (Å²) >= 11 is 0. The number of hydrogen-bond acceptors (Lipinski definition) is 7. The molecule has 3 rings (SSSR count). The van der Waals surface area contributed by atoms with Crippen LogP contribution in [-0.4, -0.2) is 27.5 Å². The van der Waals surface area contributed by atoms with Crippen molar-refractivity contribution in [2.75, 3.05) is 7.11 Å². The third kappa shape index (κ3) is 2.10. The predicted octanol–water partition coefficient (Wildman–Crippen LogP) is 2.29. The van der Waals surface area contributed by atoms with E-state index in [1.54, 1.807) is 0 Å². The predicted molar refractivity (Wildman–Crippen MR) is 81.1 cm³/mol. The van der Waals surface area contributed by atoms with Crippen molar-refractivity contribution in [3.8, 4) is 39.9 Å². The Morgan fingerprint density at radius 3 is 2.43 bits per heavy atom. The molecule has 7 nitrogen and oxygen atoms in total. The Bertz CT molecular complexity index is 972. The first-order valence-electron chi connectivity index (χ1n) is 6.51. The summed E-state index contributed by atoms with van der Waals surface area (Å²) < 4.78 is 10.1. The van der Waals surface area contributed by atoms with Crippen LogP contribution in [0.4, 0.5) is 0 Å². The van der Waals surface area contributed by atoms with Crippen molar-refractivity contribution in [1.29, 1.82) is 0 Å². The van der Waals surface area contributed by atoms with Gasteiger partial charge >= 0.3 is 0 Å². The Hall–Kier alpha value is -3.35. The van der Waals surface area contributed by atoms with E-state index in [1.165, 1.54) is 25.3 Å². The summed E-state index contributed by atoms with van der Waals surface area (Å²) in [5.41, 5.74) is -0.710. The van der Waals surface area contributed by atoms with Gasteiger partial charge in [-0.3, -0.25) is 4.79 Å². The highest BCUT2D eigenvalue weighted by Crippen LogP contribution is 2.42. The van der Waals surface area contributed by atoms with Crippen molar-refractivity contribution >= 4 is 11.0 Å². The molecule has 0 unspecified atom stereocenters. The first-order chi connectivity index (χ1) is 11.0. The van der Waals surface area contributed by atoms with Crippen LogP contribution in [0.5, 0.6) is 28.7 Å². The summed E-state index contributed by atoms with van der Waals surface area (Å²) in [6.45, 7) is 0. The van der Waals surface area contributed by atoms with Crippen LogP contribution in [0.3, 0.4) is 0 Å². The highest BCUT2D eigenvalue weighted by atomic mass is 16.5. The monoisotopic (exact) mass is 316 g/mol. The van der Waals surface area contributed by atoms with Crippen LogP contribution in [-0.2, 0) is 0 Å². The Morgan fingerprint density at radius 2 is 1.74 bits per heavy atom. The Morgan fingerprint density at radius 1 is 1.00 bits per heavy atom. The molecule has 0 fully saturated rings. The minimum Gasteiger partial charge on any atom is -0.504 e. The van der Waals surface area contributed by atoms with Gasteiger partial charge in [-0.25, -0.2) is 0 Å². The molecule has 1 heterocycles. The smallest absolute Gasteiger partial charge is 0.204 e. The van der Waals surface area contributed by atoms with Crippen molar-refractivity contribution in [3.63, 3.8) is 0 Å². The molecule has 1 aromatic heterocycles. The van der Waals surface area contributed by atoms with E-state index in [9.17, 15) is 25.2 Å². The largest absolute Gasteiger partial charge is 0.504 e. The second-order valence-electron chi connectivity index (χ2n) is 4.80. The van der Waals surface area contributed by atoms with Gasteiger partial charge in [0, 0.05) is 11.6 Å². The maximum Gasteiger partial charge on any atom is 0.204 e. The van der Waals surface area contributed by atoms with E-state index in [0.29, 0.717) is 0 Å². The minimum absolute atomic E-state index is 0.0470. The van der Waals surface area contributed by atoms with Crippen LogP contribution in [0.25, 0.3) is 22.1 Å². The molecule has 4 N–H and O–H groups in total. The SMILES string of the molecule is COc1c(O)cc2occ(-c3cccc(O)c3O)c(=O)c2c1O. The van der Waals surface area contributed by atoms with Gasteiger partial charge in [0.1, 0.15) is 17.2 Å². The number of aromatic hydroxyl groups is 4. The van der Waals surface area contributed by atoms with E-state index in [0.717, 1.165) is 12.3 Å². The van der Waals surface area contributed by atoms with E-state index in [-0.39, 0.29) is 33.6 Å². The fourth-order valence-corrected chi connectivity index (χ4v) is 2.37. The van der Waals surface area contributed by atoms with Crippen LogP contribution in [0, 0.1) is 0 Å². The van der Waals surface area contributed by atoms with Crippen LogP contribution in [0.1, 0.15) is 0 Å². The molecule has 0 bridgehead atoms. The van der Waals surface area contributed by atoms with E-state index in [1.807, 2.05) is 0 Å². The molecule has 0 aliphatic heterocycles. The Balaban J connectivity index is 2.40. The van der Waals surface area contributed by atoms with E-state index >= 15 is 0 Å². The molecule has 2 aromatic carbocycles. The molecule has 0 amide bonds. The molecule has 0 aliphatic rings. The van der Waals surface area contributed by atoms with Gasteiger partial charge in [-0.05, 0) is 6.07 Å². The highest BCUT2D eigenvalue weighted by molar-refractivity contribution is 5.91. The number of methoxy groups -OCH3 is 1. The normalized spacial score (nSPS) is 10.8. The van der Waals surface area contributed by atoms with E-state index in [4.69, 9.17) is 9.15 Å². The quantitative estimate of drug-likeness (QED) is 0.535. The summed E-state index contributed by atoms with van der Waals surface area (Å²) in [7, 11) is 1.23. The molecule has 23 heavy (non-hydrogen) atoms. The topological polar surface area (TPSA) is 120 Å². The third-order valence-corrected chi connectivity index (χ3v) is 3.48. The Kier molecular flexibility index (Phi) is 3.25. The van der Waals surface area contributed by atoms with Gasteiger partial charge in [-0.2, -0.15) is 0 Å². The van der Waals surface area contributed by atoms with Crippen molar-refractivity contribution in [2.45, 2.75) is 0 Å². The van der Waals surface area contributed by atoms with Crippen LogP contribution < -0.4 is 10.2 Å². The second kappa shape index (κ2) is 5.13. The summed E-state index contributed by atoms with van der Waals surface area (Å²) in [4.78, 5) is 12.6. The first kappa shape index (κ1) is 14.6. The van der Waals surface area contributed by atoms with Gasteiger partial charge in [0.25, 0.3) is 0 Å². The van der Waals surface area contributed by atoms with Gasteiger partial charge in [-0.1, -0.05) is 12.1 Å². The number of phenolic OH excluding ortho intramolecular Hbond substituents is 4. The first-order valence-corrected chi connectivity index (χ1v) is 6.51. The molecular formula is C16H12O7. The highest BCUT2D eigenvalue weighted by Gasteiger charge is 2.21. The molecule has 0 saturated carbocycles. The number of phenols is 4. The van der Waals surface area contributed by atoms with Crippen molar-refractivity contribution in [1.82, 2.24) is 0 Å². The fraction of sp³-hybridized carbons (Fsp3) is 0.0625. The molecule has 118 valence electrons. The molecular weight excluding hydrogens is 304 g/mol. The molecule has 0 spiro atoms. The maximum absolute atomic E-state index is 12.6. The summed E-state index contributed by atoms with van der Waals surface area (Å²) in [5.74, 6) is -2.09. The Labute approximate surface area is 129 Å². The maximum atomic E-state index is 12.6. The van der Waals surface area contributed by atoms with Gasteiger partial charge in [0.15, 0.2) is 23.0 Å². The molecule has 0 atom stereocenters. The number of hydrogen-bond donors (Lipinski definition) is 4. The zero-order valence-corrected chi connectivity index (χ0v) is 11.9.